The molecule has 0 bridgehead atoms. The van der Waals surface area contributed by atoms with Gasteiger partial charge in [-0.05, 0) is 6.07 Å². The van der Waals surface area contributed by atoms with Crippen molar-refractivity contribution in [3.8, 4) is 17.6 Å². The summed E-state index contributed by atoms with van der Waals surface area (Å²) in [6.45, 7) is 0.866. The Morgan fingerprint density at radius 2 is 1.83 bits per heavy atom. The van der Waals surface area contributed by atoms with Crippen molar-refractivity contribution in [2.45, 2.75) is 43.5 Å². The number of aromatic nitrogens is 3. The number of rotatable bonds is 8. The van der Waals surface area contributed by atoms with Gasteiger partial charge in [0.15, 0.2) is 11.8 Å². The third-order valence-corrected chi connectivity index (χ3v) is 6.59. The molecule has 2 N–H and O–H groups in total. The molecule has 3 saturated heterocycles. The van der Waals surface area contributed by atoms with Gasteiger partial charge >= 0.3 is 0 Å². The van der Waals surface area contributed by atoms with Gasteiger partial charge in [-0.2, -0.15) is 9.97 Å². The Kier molecular flexibility index (Phi) is 6.30. The molecule has 3 unspecified atom stereocenters. The molecule has 10 nitrogen and oxygen atoms in total. The topological polar surface area (TPSA) is 117 Å². The van der Waals surface area contributed by atoms with Crippen LogP contribution < -0.4 is 14.2 Å². The summed E-state index contributed by atoms with van der Waals surface area (Å²) in [5.41, 5.74) is 0.412. The number of fused-ring (bicyclic) bond motifs is 2. The third kappa shape index (κ3) is 4.55. The Morgan fingerprint density at radius 1 is 1.06 bits per heavy atom. The van der Waals surface area contributed by atoms with Gasteiger partial charge in [0.2, 0.25) is 5.88 Å². The van der Waals surface area contributed by atoms with Gasteiger partial charge in [0.1, 0.15) is 53.9 Å². The molecule has 13 heteroatoms. The number of aliphatic hydroxyl groups excluding tert-OH is 1. The number of imidazole rings is 1. The first-order valence-corrected chi connectivity index (χ1v) is 11.8. The highest BCUT2D eigenvalue weighted by Crippen LogP contribution is 2.32. The van der Waals surface area contributed by atoms with Crippen LogP contribution in [0.2, 0.25) is 5.02 Å². The van der Waals surface area contributed by atoms with Crippen LogP contribution in [0.25, 0.3) is 11.2 Å². The number of aromatic amines is 1. The van der Waals surface area contributed by atoms with Crippen LogP contribution in [0.3, 0.4) is 0 Å². The minimum Gasteiger partial charge on any atom is -0.491 e. The number of H-pyrrole nitrogens is 1. The van der Waals surface area contributed by atoms with Gasteiger partial charge in [-0.3, -0.25) is 0 Å². The summed E-state index contributed by atoms with van der Waals surface area (Å²) in [5.74, 6) is -1.61. The summed E-state index contributed by atoms with van der Waals surface area (Å²) in [6.07, 6.45) is -1.20. The quantitative estimate of drug-likeness (QED) is 0.457. The van der Waals surface area contributed by atoms with E-state index < -0.39 is 42.7 Å². The Labute approximate surface area is 208 Å². The molecular weight excluding hydrogens is 504 g/mol. The molecule has 3 aliphatic rings. The maximum absolute atomic E-state index is 14.5. The second-order valence-electron chi connectivity index (χ2n) is 8.75. The lowest BCUT2D eigenvalue weighted by molar-refractivity contribution is -0.0721. The largest absolute Gasteiger partial charge is 0.491 e. The van der Waals surface area contributed by atoms with E-state index in [2.05, 4.69) is 15.0 Å². The van der Waals surface area contributed by atoms with E-state index in [0.29, 0.717) is 12.1 Å². The molecule has 2 aromatic heterocycles. The first-order chi connectivity index (χ1) is 17.4. The number of benzene rings is 1. The first kappa shape index (κ1) is 23.6. The summed E-state index contributed by atoms with van der Waals surface area (Å²) in [5, 5.41) is 9.99. The van der Waals surface area contributed by atoms with Crippen LogP contribution >= 0.6 is 11.6 Å². The monoisotopic (exact) mass is 525 g/mol. The maximum Gasteiger partial charge on any atom is 0.296 e. The number of nitrogens with one attached hydrogen (secondary N) is 1. The molecule has 5 atom stereocenters. The Morgan fingerprint density at radius 3 is 2.58 bits per heavy atom. The molecule has 0 saturated carbocycles. The number of ether oxygens (including phenoxy) is 6. The Bertz CT molecular complexity index is 1250. The number of halogens is 3. The van der Waals surface area contributed by atoms with Crippen LogP contribution in [0.5, 0.6) is 17.6 Å². The van der Waals surface area contributed by atoms with Gasteiger partial charge in [0, 0.05) is 25.2 Å². The number of pyridine rings is 1. The summed E-state index contributed by atoms with van der Waals surface area (Å²) in [4.78, 5) is 11.5. The van der Waals surface area contributed by atoms with E-state index in [9.17, 15) is 13.9 Å². The van der Waals surface area contributed by atoms with Crippen LogP contribution in [-0.2, 0) is 20.8 Å². The zero-order valence-corrected chi connectivity index (χ0v) is 19.5. The zero-order valence-electron chi connectivity index (χ0n) is 18.8. The standard InChI is InChI=1S/C23H22ClF2N3O7/c24-13-5-16-21(29-23(27-16)36-18-9-34-19-17(30)8-33-20(18)19)28-22(13)35-7-12-14(25)3-11(4-15(12)26)32-6-10-1-2-31-10/h3-5,10,17-20,30H,1-2,6-9H2,(H,27,28,29)/t10?,17-,18-,19?,20?/m1/s1. The number of aliphatic hydroxyl groups is 1. The molecule has 6 rings (SSSR count). The average molecular weight is 526 g/mol. The summed E-state index contributed by atoms with van der Waals surface area (Å²) >= 11 is 6.27. The average Bonchev–Trinajstić information content (AvgIpc) is 3.49. The fourth-order valence-corrected chi connectivity index (χ4v) is 4.48. The smallest absolute Gasteiger partial charge is 0.296 e. The van der Waals surface area contributed by atoms with Gasteiger partial charge in [0.25, 0.3) is 6.01 Å². The molecule has 3 aromatic rings. The highest BCUT2D eigenvalue weighted by Gasteiger charge is 2.48. The Balaban J connectivity index is 1.13. The van der Waals surface area contributed by atoms with E-state index in [1.807, 2.05) is 0 Å². The van der Waals surface area contributed by atoms with Gasteiger partial charge < -0.3 is 38.5 Å². The van der Waals surface area contributed by atoms with Crippen molar-refractivity contribution in [1.82, 2.24) is 15.0 Å². The molecule has 3 fully saturated rings. The molecule has 1 aromatic carbocycles. The van der Waals surface area contributed by atoms with Crippen molar-refractivity contribution in [2.24, 2.45) is 0 Å². The summed E-state index contributed by atoms with van der Waals surface area (Å²) < 4.78 is 62.2. The number of hydrogen-bond acceptors (Lipinski definition) is 9. The molecule has 0 spiro atoms. The van der Waals surface area contributed by atoms with E-state index in [4.69, 9.17) is 40.0 Å². The van der Waals surface area contributed by atoms with E-state index in [-0.39, 0.29) is 59.8 Å². The summed E-state index contributed by atoms with van der Waals surface area (Å²) in [6, 6.07) is 3.88. The molecular formula is C23H22ClF2N3O7. The minimum absolute atomic E-state index is 0.0463. The molecule has 3 aliphatic heterocycles. The predicted octanol–water partition coefficient (Wildman–Crippen LogP) is 2.54. The van der Waals surface area contributed by atoms with Crippen LogP contribution in [0.1, 0.15) is 12.0 Å². The highest BCUT2D eigenvalue weighted by molar-refractivity contribution is 6.32. The highest BCUT2D eigenvalue weighted by atomic mass is 35.5. The lowest BCUT2D eigenvalue weighted by Gasteiger charge is -2.26. The van der Waals surface area contributed by atoms with Gasteiger partial charge in [-0.1, -0.05) is 11.6 Å². The molecule has 192 valence electrons. The third-order valence-electron chi connectivity index (χ3n) is 6.31. The van der Waals surface area contributed by atoms with Gasteiger partial charge in [0.05, 0.1) is 30.4 Å². The number of nitrogens with zero attached hydrogens (tertiary/aromatic N) is 2. The number of hydrogen-bond donors (Lipinski definition) is 2. The fraction of sp³-hybridized carbons (Fsp3) is 0.478. The van der Waals surface area contributed by atoms with Crippen molar-refractivity contribution < 1.29 is 42.3 Å². The first-order valence-electron chi connectivity index (χ1n) is 11.4. The summed E-state index contributed by atoms with van der Waals surface area (Å²) in [7, 11) is 0. The molecule has 0 amide bonds. The van der Waals surface area contributed by atoms with Crippen molar-refractivity contribution in [3.05, 3.63) is 40.4 Å². The lowest BCUT2D eigenvalue weighted by Crippen LogP contribution is -2.34. The predicted molar refractivity (Wildman–Crippen MR) is 119 cm³/mol. The van der Waals surface area contributed by atoms with Gasteiger partial charge in [-0.15, -0.1) is 0 Å². The van der Waals surface area contributed by atoms with E-state index in [1.165, 1.54) is 6.07 Å². The maximum atomic E-state index is 14.5. The lowest BCUT2D eigenvalue weighted by atomic mass is 10.1. The van der Waals surface area contributed by atoms with Crippen LogP contribution in [-0.4, -0.2) is 77.0 Å². The van der Waals surface area contributed by atoms with Crippen molar-refractivity contribution >= 4 is 22.8 Å². The van der Waals surface area contributed by atoms with Crippen LogP contribution in [0.4, 0.5) is 8.78 Å². The molecule has 0 aliphatic carbocycles. The van der Waals surface area contributed by atoms with Gasteiger partial charge in [-0.25, -0.2) is 8.78 Å². The van der Waals surface area contributed by atoms with Crippen LogP contribution in [0.15, 0.2) is 18.2 Å². The Hall–Kier alpha value is -2.77. The molecule has 36 heavy (non-hydrogen) atoms. The van der Waals surface area contributed by atoms with E-state index in [1.54, 1.807) is 0 Å². The molecule has 5 heterocycles. The molecule has 0 radical (unpaired) electrons. The van der Waals surface area contributed by atoms with Crippen molar-refractivity contribution in [3.63, 3.8) is 0 Å². The normalized spacial score (nSPS) is 27.2. The van der Waals surface area contributed by atoms with Crippen LogP contribution in [0, 0.1) is 11.6 Å². The van der Waals surface area contributed by atoms with Crippen molar-refractivity contribution in [1.29, 1.82) is 0 Å². The SMILES string of the molecule is O[C@@H]1COC2C1OC[C@H]2Oc1nc2nc(OCc3c(F)cc(OCC4CCO4)cc3F)c(Cl)cc2[nH]1. The van der Waals surface area contributed by atoms with E-state index >= 15 is 0 Å². The zero-order chi connectivity index (χ0) is 24.8. The van der Waals surface area contributed by atoms with E-state index in [0.717, 1.165) is 18.6 Å². The minimum atomic E-state index is -0.816. The van der Waals surface area contributed by atoms with Crippen molar-refractivity contribution in [2.75, 3.05) is 26.4 Å². The fourth-order valence-electron chi connectivity index (χ4n) is 4.27. The second kappa shape index (κ2) is 9.60. The second-order valence-corrected chi connectivity index (χ2v) is 9.16.